The van der Waals surface area contributed by atoms with Gasteiger partial charge >= 0.3 is 0 Å². The molecule has 2 aromatic carbocycles. The number of para-hydroxylation sites is 1. The van der Waals surface area contributed by atoms with Gasteiger partial charge in [-0.3, -0.25) is 4.79 Å². The van der Waals surface area contributed by atoms with Crippen LogP contribution >= 0.6 is 0 Å². The van der Waals surface area contributed by atoms with E-state index in [0.717, 1.165) is 28.3 Å². The molecule has 3 rings (SSSR count). The smallest absolute Gasteiger partial charge is 0.229 e. The highest BCUT2D eigenvalue weighted by Gasteiger charge is 2.06. The Labute approximate surface area is 164 Å². The van der Waals surface area contributed by atoms with Crippen molar-refractivity contribution < 1.29 is 14.3 Å². The monoisotopic (exact) mass is 377 g/mol. The van der Waals surface area contributed by atoms with E-state index in [0.29, 0.717) is 12.4 Å². The highest BCUT2D eigenvalue weighted by Crippen LogP contribution is 2.19. The van der Waals surface area contributed by atoms with Crippen LogP contribution in [0, 0.1) is 0 Å². The third kappa shape index (κ3) is 5.23. The molecule has 0 atom stereocenters. The molecule has 6 heteroatoms. The summed E-state index contributed by atoms with van der Waals surface area (Å²) >= 11 is 0. The van der Waals surface area contributed by atoms with E-state index < -0.39 is 0 Å². The fraction of sp³-hybridized carbons (Fsp3) is 0.182. The number of nitrogens with one attached hydrogen (secondary N) is 2. The first kappa shape index (κ1) is 19.2. The number of amides is 1. The molecule has 1 amide bonds. The Bertz CT molecular complexity index is 909. The van der Waals surface area contributed by atoms with Crippen LogP contribution < -0.4 is 20.1 Å². The van der Waals surface area contributed by atoms with Gasteiger partial charge in [-0.15, -0.1) is 0 Å². The summed E-state index contributed by atoms with van der Waals surface area (Å²) in [6, 6.07) is 18.9. The molecule has 0 bridgehead atoms. The molecule has 1 aromatic heterocycles. The van der Waals surface area contributed by atoms with E-state index in [2.05, 4.69) is 15.6 Å². The van der Waals surface area contributed by atoms with Gasteiger partial charge in [-0.05, 0) is 35.9 Å². The Morgan fingerprint density at radius 3 is 2.43 bits per heavy atom. The lowest BCUT2D eigenvalue weighted by atomic mass is 10.1. The topological polar surface area (TPSA) is 72.5 Å². The largest absolute Gasteiger partial charge is 0.497 e. The summed E-state index contributed by atoms with van der Waals surface area (Å²) in [5, 5.41) is 6.11. The van der Waals surface area contributed by atoms with Crippen LogP contribution in [0.25, 0.3) is 0 Å². The minimum atomic E-state index is -0.118. The fourth-order valence-corrected chi connectivity index (χ4v) is 2.73. The zero-order valence-electron chi connectivity index (χ0n) is 15.9. The van der Waals surface area contributed by atoms with Gasteiger partial charge in [0.05, 0.1) is 32.5 Å². The molecule has 6 nitrogen and oxygen atoms in total. The molecule has 0 unspecified atom stereocenters. The molecule has 0 saturated carbocycles. The lowest BCUT2D eigenvalue weighted by Crippen LogP contribution is -2.15. The molecule has 3 aromatic rings. The van der Waals surface area contributed by atoms with Crippen LogP contribution in [-0.2, 0) is 17.8 Å². The van der Waals surface area contributed by atoms with Crippen molar-refractivity contribution in [2.75, 3.05) is 24.9 Å². The summed E-state index contributed by atoms with van der Waals surface area (Å²) in [5.74, 6) is 2.00. The first-order chi connectivity index (χ1) is 13.7. The van der Waals surface area contributed by atoms with Gasteiger partial charge in [0, 0.05) is 12.1 Å². The van der Waals surface area contributed by atoms with E-state index in [4.69, 9.17) is 9.47 Å². The van der Waals surface area contributed by atoms with Crippen LogP contribution in [-0.4, -0.2) is 25.1 Å². The molecule has 2 N–H and O–H groups in total. The number of carbonyl (C=O) groups excluding carboxylic acids is 1. The number of nitrogens with zero attached hydrogens (tertiary/aromatic N) is 1. The Kier molecular flexibility index (Phi) is 6.46. The van der Waals surface area contributed by atoms with Crippen molar-refractivity contribution >= 4 is 17.4 Å². The van der Waals surface area contributed by atoms with E-state index >= 15 is 0 Å². The predicted octanol–water partition coefficient (Wildman–Crippen LogP) is 3.89. The Hall–Kier alpha value is -3.54. The van der Waals surface area contributed by atoms with Crippen LogP contribution in [0.2, 0.25) is 0 Å². The van der Waals surface area contributed by atoms with Crippen molar-refractivity contribution in [3.8, 4) is 11.5 Å². The van der Waals surface area contributed by atoms with Crippen molar-refractivity contribution in [2.24, 2.45) is 0 Å². The molecule has 0 spiro atoms. The summed E-state index contributed by atoms with van der Waals surface area (Å²) in [6.07, 6.45) is 1.97. The highest BCUT2D eigenvalue weighted by atomic mass is 16.5. The maximum absolute atomic E-state index is 12.2. The molecule has 0 aliphatic carbocycles. The fourth-order valence-electron chi connectivity index (χ4n) is 2.73. The normalized spacial score (nSPS) is 10.2. The van der Waals surface area contributed by atoms with Crippen molar-refractivity contribution in [1.82, 2.24) is 4.98 Å². The van der Waals surface area contributed by atoms with E-state index in [-0.39, 0.29) is 12.3 Å². The summed E-state index contributed by atoms with van der Waals surface area (Å²) in [7, 11) is 3.27. The quantitative estimate of drug-likeness (QED) is 0.623. The standard InChI is InChI=1S/C22H23N3O3/c1-27-19-10-7-16(8-11-19)13-22(26)25-21-12-9-18(15-24-21)23-14-17-5-3-4-6-20(17)28-2/h3-12,15,23H,13-14H2,1-2H3,(H,24,25,26). The predicted molar refractivity (Wildman–Crippen MR) is 110 cm³/mol. The number of aromatic nitrogens is 1. The molecular formula is C22H23N3O3. The van der Waals surface area contributed by atoms with E-state index in [1.165, 1.54) is 0 Å². The van der Waals surface area contributed by atoms with Gasteiger partial charge in [0.1, 0.15) is 17.3 Å². The molecular weight excluding hydrogens is 354 g/mol. The summed E-state index contributed by atoms with van der Waals surface area (Å²) < 4.78 is 10.5. The van der Waals surface area contributed by atoms with E-state index in [9.17, 15) is 4.79 Å². The summed E-state index contributed by atoms with van der Waals surface area (Å²) in [4.78, 5) is 16.5. The van der Waals surface area contributed by atoms with Crippen LogP contribution in [0.1, 0.15) is 11.1 Å². The van der Waals surface area contributed by atoms with Gasteiger partial charge in [0.15, 0.2) is 0 Å². The van der Waals surface area contributed by atoms with Crippen LogP contribution in [0.3, 0.4) is 0 Å². The molecule has 0 aliphatic rings. The van der Waals surface area contributed by atoms with Crippen molar-refractivity contribution in [1.29, 1.82) is 0 Å². The third-order valence-corrected chi connectivity index (χ3v) is 4.23. The zero-order valence-corrected chi connectivity index (χ0v) is 15.9. The van der Waals surface area contributed by atoms with Gasteiger partial charge in [0.2, 0.25) is 5.91 Å². The molecule has 0 radical (unpaired) electrons. The molecule has 0 saturated heterocycles. The maximum atomic E-state index is 12.2. The zero-order chi connectivity index (χ0) is 19.8. The first-order valence-corrected chi connectivity index (χ1v) is 8.92. The van der Waals surface area contributed by atoms with Gasteiger partial charge in [-0.25, -0.2) is 4.98 Å². The van der Waals surface area contributed by atoms with Crippen LogP contribution in [0.4, 0.5) is 11.5 Å². The maximum Gasteiger partial charge on any atom is 0.229 e. The summed E-state index contributed by atoms with van der Waals surface area (Å²) in [5.41, 5.74) is 2.83. The van der Waals surface area contributed by atoms with Crippen molar-refractivity contribution in [2.45, 2.75) is 13.0 Å². The van der Waals surface area contributed by atoms with Gasteiger partial charge in [-0.2, -0.15) is 0 Å². The SMILES string of the molecule is COc1ccc(CC(=O)Nc2ccc(NCc3ccccc3OC)cn2)cc1. The lowest BCUT2D eigenvalue weighted by Gasteiger charge is -2.11. The lowest BCUT2D eigenvalue weighted by molar-refractivity contribution is -0.115. The van der Waals surface area contributed by atoms with Crippen LogP contribution in [0.15, 0.2) is 66.9 Å². The van der Waals surface area contributed by atoms with E-state index in [1.54, 1.807) is 26.5 Å². The Balaban J connectivity index is 1.52. The highest BCUT2D eigenvalue weighted by molar-refractivity contribution is 5.91. The molecule has 0 aliphatic heterocycles. The third-order valence-electron chi connectivity index (χ3n) is 4.23. The van der Waals surface area contributed by atoms with Gasteiger partial charge < -0.3 is 20.1 Å². The number of hydrogen-bond acceptors (Lipinski definition) is 5. The minimum Gasteiger partial charge on any atom is -0.497 e. The average molecular weight is 377 g/mol. The number of rotatable bonds is 8. The van der Waals surface area contributed by atoms with Gasteiger partial charge in [-0.1, -0.05) is 30.3 Å². The van der Waals surface area contributed by atoms with Gasteiger partial charge in [0.25, 0.3) is 0 Å². The molecule has 0 fully saturated rings. The second-order valence-electron chi connectivity index (χ2n) is 6.17. The van der Waals surface area contributed by atoms with Crippen molar-refractivity contribution in [3.63, 3.8) is 0 Å². The Morgan fingerprint density at radius 2 is 1.75 bits per heavy atom. The molecule has 1 heterocycles. The number of methoxy groups -OCH3 is 2. The second kappa shape index (κ2) is 9.41. The van der Waals surface area contributed by atoms with Crippen molar-refractivity contribution in [3.05, 3.63) is 78.0 Å². The number of carbonyl (C=O) groups is 1. The van der Waals surface area contributed by atoms with E-state index in [1.807, 2.05) is 54.6 Å². The number of hydrogen-bond donors (Lipinski definition) is 2. The molecule has 28 heavy (non-hydrogen) atoms. The Morgan fingerprint density at radius 1 is 0.964 bits per heavy atom. The summed E-state index contributed by atoms with van der Waals surface area (Å²) in [6.45, 7) is 0.620. The number of pyridine rings is 1. The number of anilines is 2. The average Bonchev–Trinajstić information content (AvgIpc) is 2.74. The molecule has 144 valence electrons. The minimum absolute atomic E-state index is 0.118. The first-order valence-electron chi connectivity index (χ1n) is 8.92. The second-order valence-corrected chi connectivity index (χ2v) is 6.17. The number of benzene rings is 2. The van der Waals surface area contributed by atoms with Crippen LogP contribution in [0.5, 0.6) is 11.5 Å². The number of ether oxygens (including phenoxy) is 2.